The standard InChI is InChI=1S/C14H13N5OS2/c1-7-12(22-14(16-7)17-8(2)20)10-4-5-15-13(19-10)11-6-21-9(3)18-11/h4-6H,1-3H3,(H,16,17,20). The summed E-state index contributed by atoms with van der Waals surface area (Å²) in [5, 5.41) is 6.19. The van der Waals surface area contributed by atoms with Crippen LogP contribution in [0.5, 0.6) is 0 Å². The molecule has 0 aliphatic carbocycles. The zero-order valence-electron chi connectivity index (χ0n) is 12.2. The number of carbonyl (C=O) groups is 1. The fraction of sp³-hybridized carbons (Fsp3) is 0.214. The summed E-state index contributed by atoms with van der Waals surface area (Å²) >= 11 is 2.97. The average molecular weight is 331 g/mol. The van der Waals surface area contributed by atoms with Crippen molar-refractivity contribution < 1.29 is 4.79 Å². The molecule has 0 spiro atoms. The average Bonchev–Trinajstić information content (AvgIpc) is 3.05. The van der Waals surface area contributed by atoms with Gasteiger partial charge in [-0.2, -0.15) is 0 Å². The minimum atomic E-state index is -0.137. The Morgan fingerprint density at radius 1 is 1.18 bits per heavy atom. The predicted molar refractivity (Wildman–Crippen MR) is 88.0 cm³/mol. The van der Waals surface area contributed by atoms with Crippen LogP contribution < -0.4 is 5.32 Å². The molecular weight excluding hydrogens is 318 g/mol. The van der Waals surface area contributed by atoms with Crippen LogP contribution in [0.3, 0.4) is 0 Å². The summed E-state index contributed by atoms with van der Waals surface area (Å²) in [6, 6.07) is 1.83. The molecule has 8 heteroatoms. The molecule has 0 atom stereocenters. The minimum Gasteiger partial charge on any atom is -0.302 e. The van der Waals surface area contributed by atoms with Gasteiger partial charge in [0.2, 0.25) is 5.91 Å². The van der Waals surface area contributed by atoms with Gasteiger partial charge in [-0.25, -0.2) is 19.9 Å². The number of hydrogen-bond acceptors (Lipinski definition) is 7. The first-order valence-corrected chi connectivity index (χ1v) is 8.23. The highest BCUT2D eigenvalue weighted by atomic mass is 32.1. The van der Waals surface area contributed by atoms with Crippen LogP contribution in [0, 0.1) is 13.8 Å². The number of rotatable bonds is 3. The Morgan fingerprint density at radius 3 is 2.68 bits per heavy atom. The van der Waals surface area contributed by atoms with E-state index >= 15 is 0 Å². The van der Waals surface area contributed by atoms with E-state index in [1.165, 1.54) is 18.3 Å². The van der Waals surface area contributed by atoms with Crippen LogP contribution in [-0.4, -0.2) is 25.8 Å². The summed E-state index contributed by atoms with van der Waals surface area (Å²) in [6.45, 7) is 5.31. The second kappa shape index (κ2) is 5.90. The number of nitrogens with zero attached hydrogens (tertiary/aromatic N) is 4. The zero-order valence-corrected chi connectivity index (χ0v) is 13.9. The highest BCUT2D eigenvalue weighted by molar-refractivity contribution is 7.19. The predicted octanol–water partition coefficient (Wildman–Crippen LogP) is 3.30. The number of carbonyl (C=O) groups excluding carboxylic acids is 1. The van der Waals surface area contributed by atoms with Crippen LogP contribution in [0.25, 0.3) is 22.1 Å². The van der Waals surface area contributed by atoms with Crippen LogP contribution in [-0.2, 0) is 4.79 Å². The number of nitrogens with one attached hydrogen (secondary N) is 1. The van der Waals surface area contributed by atoms with Gasteiger partial charge in [0.05, 0.1) is 21.3 Å². The van der Waals surface area contributed by atoms with Crippen molar-refractivity contribution in [1.29, 1.82) is 0 Å². The van der Waals surface area contributed by atoms with E-state index in [9.17, 15) is 4.79 Å². The molecule has 0 radical (unpaired) electrons. The summed E-state index contributed by atoms with van der Waals surface area (Å²) in [4.78, 5) is 29.7. The van der Waals surface area contributed by atoms with Crippen molar-refractivity contribution in [3.8, 4) is 22.1 Å². The molecule has 0 saturated heterocycles. The number of hydrogen-bond donors (Lipinski definition) is 1. The molecule has 1 N–H and O–H groups in total. The number of amides is 1. The van der Waals surface area contributed by atoms with Gasteiger partial charge < -0.3 is 5.32 Å². The van der Waals surface area contributed by atoms with Gasteiger partial charge in [-0.3, -0.25) is 4.79 Å². The fourth-order valence-electron chi connectivity index (χ4n) is 1.91. The van der Waals surface area contributed by atoms with Crippen LogP contribution in [0.2, 0.25) is 0 Å². The third-order valence-electron chi connectivity index (χ3n) is 2.82. The SMILES string of the molecule is CC(=O)Nc1nc(C)c(-c2ccnc(-c3csc(C)n3)n2)s1. The molecule has 0 unspecified atom stereocenters. The molecule has 0 aliphatic rings. The van der Waals surface area contributed by atoms with Gasteiger partial charge in [0.15, 0.2) is 11.0 Å². The Balaban J connectivity index is 1.99. The quantitative estimate of drug-likeness (QED) is 0.796. The van der Waals surface area contributed by atoms with Gasteiger partial charge in [0.25, 0.3) is 0 Å². The summed E-state index contributed by atoms with van der Waals surface area (Å²) in [7, 11) is 0. The molecule has 0 aromatic carbocycles. The maximum Gasteiger partial charge on any atom is 0.223 e. The van der Waals surface area contributed by atoms with Crippen molar-refractivity contribution in [2.45, 2.75) is 20.8 Å². The maximum absolute atomic E-state index is 11.1. The first-order valence-electron chi connectivity index (χ1n) is 6.54. The lowest BCUT2D eigenvalue weighted by molar-refractivity contribution is -0.114. The van der Waals surface area contributed by atoms with Gasteiger partial charge in [0.1, 0.15) is 5.69 Å². The van der Waals surface area contributed by atoms with Gasteiger partial charge >= 0.3 is 0 Å². The van der Waals surface area contributed by atoms with E-state index in [1.54, 1.807) is 17.5 Å². The van der Waals surface area contributed by atoms with Crippen molar-refractivity contribution in [1.82, 2.24) is 19.9 Å². The number of aryl methyl sites for hydroxylation is 2. The molecule has 0 bridgehead atoms. The second-order valence-electron chi connectivity index (χ2n) is 4.63. The van der Waals surface area contributed by atoms with Crippen molar-refractivity contribution in [3.05, 3.63) is 28.3 Å². The number of aromatic nitrogens is 4. The summed E-state index contributed by atoms with van der Waals surface area (Å²) in [5.74, 6) is 0.456. The van der Waals surface area contributed by atoms with Crippen molar-refractivity contribution in [2.24, 2.45) is 0 Å². The molecule has 1 amide bonds. The first kappa shape index (κ1) is 14.7. The number of thiazole rings is 2. The van der Waals surface area contributed by atoms with E-state index in [1.807, 2.05) is 25.3 Å². The van der Waals surface area contributed by atoms with E-state index in [0.717, 1.165) is 27.0 Å². The molecule has 0 aliphatic heterocycles. The van der Waals surface area contributed by atoms with Crippen molar-refractivity contribution >= 4 is 33.7 Å². The fourth-order valence-corrected chi connectivity index (χ4v) is 3.49. The topological polar surface area (TPSA) is 80.7 Å². The Bertz CT molecular complexity index is 839. The molecule has 6 nitrogen and oxygen atoms in total. The normalized spacial score (nSPS) is 10.7. The third-order valence-corrected chi connectivity index (χ3v) is 4.68. The smallest absolute Gasteiger partial charge is 0.223 e. The second-order valence-corrected chi connectivity index (χ2v) is 6.69. The Hall–Kier alpha value is -2.19. The monoisotopic (exact) mass is 331 g/mol. The molecule has 3 rings (SSSR count). The number of anilines is 1. The Labute approximate surface area is 135 Å². The Kier molecular flexibility index (Phi) is 3.95. The highest BCUT2D eigenvalue weighted by Gasteiger charge is 2.14. The van der Waals surface area contributed by atoms with E-state index in [0.29, 0.717) is 11.0 Å². The van der Waals surface area contributed by atoms with Crippen LogP contribution in [0.15, 0.2) is 17.6 Å². The molecule has 0 fully saturated rings. The Morgan fingerprint density at radius 2 is 2.00 bits per heavy atom. The zero-order chi connectivity index (χ0) is 15.7. The van der Waals surface area contributed by atoms with Crippen molar-refractivity contribution in [3.63, 3.8) is 0 Å². The molecule has 0 saturated carbocycles. The summed E-state index contributed by atoms with van der Waals surface area (Å²) < 4.78 is 0. The summed E-state index contributed by atoms with van der Waals surface area (Å²) in [5.41, 5.74) is 2.38. The van der Waals surface area contributed by atoms with Crippen LogP contribution in [0.1, 0.15) is 17.6 Å². The van der Waals surface area contributed by atoms with Crippen LogP contribution >= 0.6 is 22.7 Å². The molecule has 3 aromatic rings. The largest absolute Gasteiger partial charge is 0.302 e. The van der Waals surface area contributed by atoms with Gasteiger partial charge in [-0.1, -0.05) is 11.3 Å². The molecule has 3 heterocycles. The van der Waals surface area contributed by atoms with E-state index in [2.05, 4.69) is 25.3 Å². The summed E-state index contributed by atoms with van der Waals surface area (Å²) in [6.07, 6.45) is 1.71. The molecule has 22 heavy (non-hydrogen) atoms. The molecule has 112 valence electrons. The lowest BCUT2D eigenvalue weighted by atomic mass is 10.3. The van der Waals surface area contributed by atoms with Crippen molar-refractivity contribution in [2.75, 3.05) is 5.32 Å². The lowest BCUT2D eigenvalue weighted by Gasteiger charge is -2.00. The molecule has 3 aromatic heterocycles. The third kappa shape index (κ3) is 3.02. The lowest BCUT2D eigenvalue weighted by Crippen LogP contribution is -2.04. The van der Waals surface area contributed by atoms with Gasteiger partial charge in [-0.15, -0.1) is 11.3 Å². The first-order chi connectivity index (χ1) is 10.5. The van der Waals surface area contributed by atoms with E-state index < -0.39 is 0 Å². The highest BCUT2D eigenvalue weighted by Crippen LogP contribution is 2.32. The molecular formula is C14H13N5OS2. The van der Waals surface area contributed by atoms with Gasteiger partial charge in [-0.05, 0) is 19.9 Å². The maximum atomic E-state index is 11.1. The van der Waals surface area contributed by atoms with Gasteiger partial charge in [0, 0.05) is 18.5 Å². The minimum absolute atomic E-state index is 0.137. The van der Waals surface area contributed by atoms with Crippen LogP contribution in [0.4, 0.5) is 5.13 Å². The van der Waals surface area contributed by atoms with E-state index in [4.69, 9.17) is 0 Å². The van der Waals surface area contributed by atoms with E-state index in [-0.39, 0.29) is 5.91 Å².